The normalized spacial score (nSPS) is 10.5. The van der Waals surface area contributed by atoms with Gasteiger partial charge in [0.05, 0.1) is 13.5 Å². The van der Waals surface area contributed by atoms with Crippen molar-refractivity contribution >= 4 is 16.7 Å². The molecule has 0 aliphatic heterocycles. The molecule has 1 heterocycles. The zero-order valence-electron chi connectivity index (χ0n) is 9.11. The molecule has 2 rings (SSSR count). The Morgan fingerprint density at radius 3 is 2.88 bits per heavy atom. The van der Waals surface area contributed by atoms with Gasteiger partial charge in [0.1, 0.15) is 0 Å². The number of hydrogen-bond acceptors (Lipinski definition) is 3. The van der Waals surface area contributed by atoms with Crippen molar-refractivity contribution < 1.29 is 19.0 Å². The molecular formula is C12H10FNO3. The number of nitrogens with zero attached hydrogens (tertiary/aromatic N) is 1. The number of methoxy groups -OCH3 is 1. The van der Waals surface area contributed by atoms with Gasteiger partial charge in [-0.1, -0.05) is 0 Å². The van der Waals surface area contributed by atoms with Crippen molar-refractivity contribution in [3.63, 3.8) is 0 Å². The van der Waals surface area contributed by atoms with Gasteiger partial charge in [-0.3, -0.25) is 9.78 Å². The molecule has 1 aromatic heterocycles. The molecule has 0 fully saturated rings. The van der Waals surface area contributed by atoms with Gasteiger partial charge in [-0.25, -0.2) is 4.39 Å². The quantitative estimate of drug-likeness (QED) is 0.884. The van der Waals surface area contributed by atoms with Gasteiger partial charge in [-0.2, -0.15) is 0 Å². The fourth-order valence-electron chi connectivity index (χ4n) is 1.69. The molecule has 88 valence electrons. The van der Waals surface area contributed by atoms with Crippen LogP contribution in [0.5, 0.6) is 5.75 Å². The minimum absolute atomic E-state index is 0.0929. The molecule has 0 aliphatic rings. The number of benzene rings is 1. The molecule has 0 saturated carbocycles. The molecule has 0 bridgehead atoms. The molecule has 17 heavy (non-hydrogen) atoms. The van der Waals surface area contributed by atoms with Gasteiger partial charge in [0, 0.05) is 17.8 Å². The van der Waals surface area contributed by atoms with E-state index in [9.17, 15) is 9.18 Å². The number of halogens is 1. The van der Waals surface area contributed by atoms with Gasteiger partial charge in [0.15, 0.2) is 11.6 Å². The van der Waals surface area contributed by atoms with Crippen molar-refractivity contribution in [3.05, 3.63) is 35.9 Å². The van der Waals surface area contributed by atoms with Crippen molar-refractivity contribution in [2.24, 2.45) is 0 Å². The Morgan fingerprint density at radius 1 is 1.47 bits per heavy atom. The number of hydrogen-bond donors (Lipinski definition) is 1. The fraction of sp³-hybridized carbons (Fsp3) is 0.167. The number of carboxylic acid groups (broad SMARTS) is 1. The lowest BCUT2D eigenvalue weighted by Gasteiger charge is -2.07. The van der Waals surface area contributed by atoms with E-state index >= 15 is 0 Å². The molecular weight excluding hydrogens is 225 g/mol. The summed E-state index contributed by atoms with van der Waals surface area (Å²) < 4.78 is 18.3. The van der Waals surface area contributed by atoms with E-state index in [2.05, 4.69) is 4.98 Å². The Hall–Kier alpha value is -2.17. The third-order valence-corrected chi connectivity index (χ3v) is 2.46. The highest BCUT2D eigenvalue weighted by Gasteiger charge is 2.10. The second-order valence-corrected chi connectivity index (χ2v) is 3.58. The largest absolute Gasteiger partial charge is 0.494 e. The first-order chi connectivity index (χ1) is 8.11. The van der Waals surface area contributed by atoms with E-state index in [-0.39, 0.29) is 12.2 Å². The smallest absolute Gasteiger partial charge is 0.307 e. The van der Waals surface area contributed by atoms with Crippen LogP contribution < -0.4 is 4.74 Å². The van der Waals surface area contributed by atoms with Crippen molar-refractivity contribution in [3.8, 4) is 5.75 Å². The molecule has 0 atom stereocenters. The topological polar surface area (TPSA) is 59.4 Å². The molecule has 1 N–H and O–H groups in total. The lowest BCUT2D eigenvalue weighted by Crippen LogP contribution is -2.01. The monoisotopic (exact) mass is 235 g/mol. The summed E-state index contributed by atoms with van der Waals surface area (Å²) in [6.45, 7) is 0. The van der Waals surface area contributed by atoms with Crippen LogP contribution in [-0.4, -0.2) is 23.2 Å². The Morgan fingerprint density at radius 2 is 2.24 bits per heavy atom. The van der Waals surface area contributed by atoms with Crippen LogP contribution in [0.1, 0.15) is 5.56 Å². The van der Waals surface area contributed by atoms with Crippen molar-refractivity contribution in [1.82, 2.24) is 4.98 Å². The lowest BCUT2D eigenvalue weighted by atomic mass is 10.1. The van der Waals surface area contributed by atoms with Gasteiger partial charge in [-0.15, -0.1) is 0 Å². The van der Waals surface area contributed by atoms with E-state index in [1.54, 1.807) is 0 Å². The minimum Gasteiger partial charge on any atom is -0.494 e. The number of aromatic nitrogens is 1. The van der Waals surface area contributed by atoms with Crippen molar-refractivity contribution in [1.29, 1.82) is 0 Å². The highest BCUT2D eigenvalue weighted by atomic mass is 19.1. The average molecular weight is 235 g/mol. The molecule has 0 saturated heterocycles. The number of carboxylic acids is 1. The van der Waals surface area contributed by atoms with Crippen LogP contribution in [0.2, 0.25) is 0 Å². The molecule has 2 aromatic rings. The van der Waals surface area contributed by atoms with Gasteiger partial charge < -0.3 is 9.84 Å². The zero-order chi connectivity index (χ0) is 12.4. The van der Waals surface area contributed by atoms with Crippen LogP contribution in [0.3, 0.4) is 0 Å². The van der Waals surface area contributed by atoms with Crippen molar-refractivity contribution in [2.45, 2.75) is 6.42 Å². The maximum atomic E-state index is 13.4. The van der Waals surface area contributed by atoms with E-state index in [0.29, 0.717) is 16.3 Å². The standard InChI is InChI=1S/C12H10FNO3/c1-17-11-4-9-7(2-10(11)13)5-14-6-8(9)3-12(15)16/h2,4-6H,3H2,1H3,(H,15,16). The summed E-state index contributed by atoms with van der Waals surface area (Å²) in [6, 6.07) is 2.77. The number of fused-ring (bicyclic) bond motifs is 1. The van der Waals surface area contributed by atoms with Gasteiger partial charge in [0.25, 0.3) is 0 Å². The first-order valence-corrected chi connectivity index (χ1v) is 4.93. The summed E-state index contributed by atoms with van der Waals surface area (Å²) in [7, 11) is 1.36. The minimum atomic E-state index is -0.956. The van der Waals surface area contributed by atoms with E-state index in [4.69, 9.17) is 9.84 Å². The highest BCUT2D eigenvalue weighted by Crippen LogP contribution is 2.26. The number of carbonyl (C=O) groups is 1. The lowest BCUT2D eigenvalue weighted by molar-refractivity contribution is -0.136. The summed E-state index contributed by atoms with van der Waals surface area (Å²) in [6.07, 6.45) is 2.80. The van der Waals surface area contributed by atoms with Gasteiger partial charge in [0.2, 0.25) is 0 Å². The predicted molar refractivity (Wildman–Crippen MR) is 59.6 cm³/mol. The molecule has 0 radical (unpaired) electrons. The Bertz CT molecular complexity index is 583. The number of ether oxygens (including phenoxy) is 1. The van der Waals surface area contributed by atoms with Crippen LogP contribution in [-0.2, 0) is 11.2 Å². The van der Waals surface area contributed by atoms with Crippen LogP contribution in [0.15, 0.2) is 24.5 Å². The van der Waals surface area contributed by atoms with Crippen LogP contribution in [0, 0.1) is 5.82 Å². The highest BCUT2D eigenvalue weighted by molar-refractivity contribution is 5.89. The van der Waals surface area contributed by atoms with Gasteiger partial charge >= 0.3 is 5.97 Å². The van der Waals surface area contributed by atoms with E-state index in [0.717, 1.165) is 0 Å². The Labute approximate surface area is 96.7 Å². The van der Waals surface area contributed by atoms with E-state index in [1.807, 2.05) is 0 Å². The van der Waals surface area contributed by atoms with Crippen molar-refractivity contribution in [2.75, 3.05) is 7.11 Å². The van der Waals surface area contributed by atoms with Crippen LogP contribution in [0.4, 0.5) is 4.39 Å². The second kappa shape index (κ2) is 4.37. The summed E-state index contributed by atoms with van der Waals surface area (Å²) in [5, 5.41) is 9.97. The average Bonchev–Trinajstić information content (AvgIpc) is 2.27. The van der Waals surface area contributed by atoms with E-state index in [1.165, 1.54) is 31.6 Å². The predicted octanol–water partition coefficient (Wildman–Crippen LogP) is 2.01. The summed E-state index contributed by atoms with van der Waals surface area (Å²) in [5.41, 5.74) is 0.535. The maximum Gasteiger partial charge on any atom is 0.307 e. The van der Waals surface area contributed by atoms with Crippen LogP contribution >= 0.6 is 0 Å². The summed E-state index contributed by atoms with van der Waals surface area (Å²) >= 11 is 0. The number of rotatable bonds is 3. The fourth-order valence-corrected chi connectivity index (χ4v) is 1.69. The maximum absolute atomic E-state index is 13.4. The molecule has 1 aromatic carbocycles. The first kappa shape index (κ1) is 11.3. The molecule has 0 unspecified atom stereocenters. The summed E-state index contributed by atoms with van der Waals surface area (Å²) in [4.78, 5) is 14.6. The molecule has 0 amide bonds. The second-order valence-electron chi connectivity index (χ2n) is 3.58. The SMILES string of the molecule is COc1cc2c(CC(=O)O)cncc2cc1F. The first-order valence-electron chi connectivity index (χ1n) is 4.93. The third kappa shape index (κ3) is 2.18. The van der Waals surface area contributed by atoms with Crippen LogP contribution in [0.25, 0.3) is 10.8 Å². The summed E-state index contributed by atoms with van der Waals surface area (Å²) in [5.74, 6) is -1.35. The molecule has 0 aliphatic carbocycles. The number of pyridine rings is 1. The number of aliphatic carboxylic acids is 1. The third-order valence-electron chi connectivity index (χ3n) is 2.46. The van der Waals surface area contributed by atoms with Gasteiger partial charge in [-0.05, 0) is 23.1 Å². The Kier molecular flexibility index (Phi) is 2.91. The Balaban J connectivity index is 2.65. The molecule has 0 spiro atoms. The zero-order valence-corrected chi connectivity index (χ0v) is 9.11. The van der Waals surface area contributed by atoms with E-state index < -0.39 is 11.8 Å². The molecule has 5 heteroatoms. The molecule has 4 nitrogen and oxygen atoms in total.